The molecule has 0 aliphatic rings. The lowest BCUT2D eigenvalue weighted by Crippen LogP contribution is -2.37. The van der Waals surface area contributed by atoms with Crippen LogP contribution in [0.15, 0.2) is 54.6 Å². The van der Waals surface area contributed by atoms with Crippen molar-refractivity contribution in [1.29, 1.82) is 0 Å². The van der Waals surface area contributed by atoms with Gasteiger partial charge >= 0.3 is 0 Å². The van der Waals surface area contributed by atoms with Crippen LogP contribution in [-0.4, -0.2) is 12.2 Å². The molecule has 24 heavy (non-hydrogen) atoms. The largest absolute Gasteiger partial charge is 0.497 e. The molecule has 1 atom stereocenters. The molecule has 0 heterocycles. The molecule has 0 saturated heterocycles. The molecule has 2 N–H and O–H groups in total. The van der Waals surface area contributed by atoms with E-state index in [0.717, 1.165) is 12.2 Å². The van der Waals surface area contributed by atoms with E-state index in [1.54, 1.807) is 7.11 Å². The standard InChI is InChI=1S/C20H26N2OS/c1-15(2)13-19(17-7-5-4-6-8-17)22-20(24)21-14-16-9-11-18(23-3)12-10-16/h4-12,15,19H,13-14H2,1-3H3,(H2,21,22,24)/t19-/m0/s1. The van der Waals surface area contributed by atoms with Crippen molar-refractivity contribution >= 4 is 17.3 Å². The van der Waals surface area contributed by atoms with Crippen LogP contribution in [0.3, 0.4) is 0 Å². The zero-order valence-electron chi connectivity index (χ0n) is 14.6. The van der Waals surface area contributed by atoms with Gasteiger partial charge in [0.2, 0.25) is 0 Å². The Morgan fingerprint density at radius 1 is 1.04 bits per heavy atom. The van der Waals surface area contributed by atoms with Gasteiger partial charge in [0.05, 0.1) is 13.2 Å². The van der Waals surface area contributed by atoms with E-state index in [2.05, 4.69) is 48.7 Å². The van der Waals surface area contributed by atoms with Gasteiger partial charge in [0.25, 0.3) is 0 Å². The molecule has 4 heteroatoms. The fourth-order valence-electron chi connectivity index (χ4n) is 2.57. The van der Waals surface area contributed by atoms with Gasteiger partial charge in [0, 0.05) is 6.54 Å². The molecule has 0 aliphatic heterocycles. The molecule has 3 nitrogen and oxygen atoms in total. The van der Waals surface area contributed by atoms with Crippen LogP contribution in [0.1, 0.15) is 37.4 Å². The molecule has 0 aliphatic carbocycles. The van der Waals surface area contributed by atoms with Crippen molar-refractivity contribution in [2.24, 2.45) is 5.92 Å². The minimum Gasteiger partial charge on any atom is -0.497 e. The van der Waals surface area contributed by atoms with E-state index >= 15 is 0 Å². The molecule has 0 spiro atoms. The van der Waals surface area contributed by atoms with Crippen molar-refractivity contribution in [2.75, 3.05) is 7.11 Å². The molecule has 0 bridgehead atoms. The summed E-state index contributed by atoms with van der Waals surface area (Å²) in [5, 5.41) is 7.42. The van der Waals surface area contributed by atoms with Gasteiger partial charge in [-0.1, -0.05) is 56.3 Å². The first kappa shape index (κ1) is 18.3. The molecule has 0 unspecified atom stereocenters. The Morgan fingerprint density at radius 2 is 1.71 bits per heavy atom. The number of hydrogen-bond donors (Lipinski definition) is 2. The smallest absolute Gasteiger partial charge is 0.167 e. The summed E-state index contributed by atoms with van der Waals surface area (Å²) < 4.78 is 5.17. The summed E-state index contributed by atoms with van der Waals surface area (Å²) in [6.07, 6.45) is 1.04. The van der Waals surface area contributed by atoms with Gasteiger partial charge in [-0.3, -0.25) is 0 Å². The van der Waals surface area contributed by atoms with Crippen molar-refractivity contribution in [1.82, 2.24) is 10.6 Å². The van der Waals surface area contributed by atoms with Crippen LogP contribution in [0.25, 0.3) is 0 Å². The number of nitrogens with one attached hydrogen (secondary N) is 2. The summed E-state index contributed by atoms with van der Waals surface area (Å²) in [5.74, 6) is 1.45. The monoisotopic (exact) mass is 342 g/mol. The Bertz CT molecular complexity index is 626. The maximum absolute atomic E-state index is 5.48. The minimum atomic E-state index is 0.224. The number of benzene rings is 2. The third kappa shape index (κ3) is 5.85. The van der Waals surface area contributed by atoms with Gasteiger partial charge in [0.1, 0.15) is 5.75 Å². The number of ether oxygens (including phenoxy) is 1. The highest BCUT2D eigenvalue weighted by Crippen LogP contribution is 2.21. The van der Waals surface area contributed by atoms with E-state index in [9.17, 15) is 0 Å². The van der Waals surface area contributed by atoms with E-state index in [1.807, 2.05) is 30.3 Å². The van der Waals surface area contributed by atoms with Crippen molar-refractivity contribution in [3.05, 3.63) is 65.7 Å². The SMILES string of the molecule is COc1ccc(CNC(=S)N[C@@H](CC(C)C)c2ccccc2)cc1. The Kier molecular flexibility index (Phi) is 7.07. The van der Waals surface area contributed by atoms with Crippen molar-refractivity contribution in [3.8, 4) is 5.75 Å². The lowest BCUT2D eigenvalue weighted by atomic mass is 9.97. The van der Waals surface area contributed by atoms with Crippen molar-refractivity contribution < 1.29 is 4.74 Å². The van der Waals surface area contributed by atoms with Crippen LogP contribution in [0, 0.1) is 5.92 Å². The van der Waals surface area contributed by atoms with Crippen LogP contribution in [0.2, 0.25) is 0 Å². The molecule has 0 amide bonds. The maximum atomic E-state index is 5.48. The van der Waals surface area contributed by atoms with E-state index in [0.29, 0.717) is 17.6 Å². The number of rotatable bonds is 7. The average Bonchev–Trinajstić information content (AvgIpc) is 2.60. The Morgan fingerprint density at radius 3 is 2.29 bits per heavy atom. The van der Waals surface area contributed by atoms with E-state index in [-0.39, 0.29) is 6.04 Å². The topological polar surface area (TPSA) is 33.3 Å². The van der Waals surface area contributed by atoms with Gasteiger partial charge in [-0.15, -0.1) is 0 Å². The maximum Gasteiger partial charge on any atom is 0.167 e. The van der Waals surface area contributed by atoms with E-state index < -0.39 is 0 Å². The molecule has 2 rings (SSSR count). The van der Waals surface area contributed by atoms with Crippen LogP contribution >= 0.6 is 12.2 Å². The second kappa shape index (κ2) is 9.28. The summed E-state index contributed by atoms with van der Waals surface area (Å²) in [7, 11) is 1.67. The van der Waals surface area contributed by atoms with Gasteiger partial charge in [-0.25, -0.2) is 0 Å². The number of thiocarbonyl (C=S) groups is 1. The highest BCUT2D eigenvalue weighted by molar-refractivity contribution is 7.80. The Balaban J connectivity index is 1.92. The van der Waals surface area contributed by atoms with Gasteiger partial charge in [-0.2, -0.15) is 0 Å². The van der Waals surface area contributed by atoms with Gasteiger partial charge in [0.15, 0.2) is 5.11 Å². The molecule has 0 aromatic heterocycles. The Labute approximate surface area is 150 Å². The van der Waals surface area contributed by atoms with E-state index in [1.165, 1.54) is 11.1 Å². The van der Waals surface area contributed by atoms with Crippen molar-refractivity contribution in [3.63, 3.8) is 0 Å². The van der Waals surface area contributed by atoms with E-state index in [4.69, 9.17) is 17.0 Å². The predicted octanol–water partition coefficient (Wildman–Crippen LogP) is 4.45. The lowest BCUT2D eigenvalue weighted by Gasteiger charge is -2.23. The van der Waals surface area contributed by atoms with Crippen LogP contribution in [0.5, 0.6) is 5.75 Å². The predicted molar refractivity (Wildman–Crippen MR) is 104 cm³/mol. The first-order valence-electron chi connectivity index (χ1n) is 8.30. The minimum absolute atomic E-state index is 0.224. The zero-order chi connectivity index (χ0) is 17.4. The normalized spacial score (nSPS) is 11.8. The fourth-order valence-corrected chi connectivity index (χ4v) is 2.78. The molecular formula is C20H26N2OS. The Hall–Kier alpha value is -2.07. The summed E-state index contributed by atoms with van der Waals surface area (Å²) in [6, 6.07) is 18.7. The first-order valence-corrected chi connectivity index (χ1v) is 8.71. The highest BCUT2D eigenvalue weighted by Gasteiger charge is 2.14. The third-order valence-electron chi connectivity index (χ3n) is 3.83. The quantitative estimate of drug-likeness (QED) is 0.729. The molecule has 2 aromatic carbocycles. The second-order valence-corrected chi connectivity index (χ2v) is 6.68. The second-order valence-electron chi connectivity index (χ2n) is 6.27. The summed E-state index contributed by atoms with van der Waals surface area (Å²) in [4.78, 5) is 0. The van der Waals surface area contributed by atoms with Crippen LogP contribution < -0.4 is 15.4 Å². The van der Waals surface area contributed by atoms with Crippen LogP contribution in [0.4, 0.5) is 0 Å². The summed E-state index contributed by atoms with van der Waals surface area (Å²) in [5.41, 5.74) is 2.43. The molecule has 128 valence electrons. The van der Waals surface area contributed by atoms with Crippen LogP contribution in [-0.2, 0) is 6.54 Å². The molecule has 0 saturated carbocycles. The van der Waals surface area contributed by atoms with Gasteiger partial charge in [-0.05, 0) is 47.8 Å². The summed E-state index contributed by atoms with van der Waals surface area (Å²) in [6.45, 7) is 5.15. The molecule has 0 fully saturated rings. The zero-order valence-corrected chi connectivity index (χ0v) is 15.4. The fraction of sp³-hybridized carbons (Fsp3) is 0.350. The molecule has 2 aromatic rings. The third-order valence-corrected chi connectivity index (χ3v) is 4.09. The van der Waals surface area contributed by atoms with Crippen molar-refractivity contribution in [2.45, 2.75) is 32.9 Å². The first-order chi connectivity index (χ1) is 11.6. The highest BCUT2D eigenvalue weighted by atomic mass is 32.1. The average molecular weight is 343 g/mol. The van der Waals surface area contributed by atoms with Gasteiger partial charge < -0.3 is 15.4 Å². The molecule has 0 radical (unpaired) electrons. The lowest BCUT2D eigenvalue weighted by molar-refractivity contribution is 0.414. The summed E-state index contributed by atoms with van der Waals surface area (Å²) >= 11 is 5.48. The number of methoxy groups -OCH3 is 1. The number of hydrogen-bond acceptors (Lipinski definition) is 2. The molecular weight excluding hydrogens is 316 g/mol.